The summed E-state index contributed by atoms with van der Waals surface area (Å²) in [5, 5.41) is 6.85. The third-order valence-electron chi connectivity index (χ3n) is 8.54. The number of hydrogen-bond acceptors (Lipinski definition) is 4. The van der Waals surface area contributed by atoms with Gasteiger partial charge in [0.1, 0.15) is 0 Å². The first-order valence-electron chi connectivity index (χ1n) is 13.5. The highest BCUT2D eigenvalue weighted by Crippen LogP contribution is 2.33. The van der Waals surface area contributed by atoms with E-state index in [4.69, 9.17) is 11.6 Å². The van der Waals surface area contributed by atoms with Gasteiger partial charge in [0.15, 0.2) is 0 Å². The van der Waals surface area contributed by atoms with Crippen LogP contribution in [0.5, 0.6) is 0 Å². The molecular weight excluding hydrogens is 472 g/mol. The lowest BCUT2D eigenvalue weighted by Crippen LogP contribution is -2.46. The van der Waals surface area contributed by atoms with Crippen LogP contribution in [0.15, 0.2) is 42.5 Å². The summed E-state index contributed by atoms with van der Waals surface area (Å²) in [5.74, 6) is -0.196. The summed E-state index contributed by atoms with van der Waals surface area (Å²) in [6, 6.07) is 14.6. The minimum atomic E-state index is -0.178. The Bertz CT molecular complexity index is 1140. The molecule has 36 heavy (non-hydrogen) atoms. The van der Waals surface area contributed by atoms with Crippen molar-refractivity contribution in [3.8, 4) is 0 Å². The lowest BCUT2D eigenvalue weighted by atomic mass is 10.0. The number of carbonyl (C=O) groups is 2. The molecule has 6 nitrogen and oxygen atoms in total. The van der Waals surface area contributed by atoms with E-state index in [1.54, 1.807) is 12.1 Å². The zero-order chi connectivity index (χ0) is 24.6. The van der Waals surface area contributed by atoms with Gasteiger partial charge in [-0.1, -0.05) is 29.8 Å². The van der Waals surface area contributed by atoms with Crippen molar-refractivity contribution in [1.29, 1.82) is 0 Å². The molecule has 2 heterocycles. The first-order valence-corrected chi connectivity index (χ1v) is 13.9. The van der Waals surface area contributed by atoms with Gasteiger partial charge in [-0.3, -0.25) is 14.5 Å². The number of benzene rings is 2. The molecule has 7 heteroatoms. The van der Waals surface area contributed by atoms with Gasteiger partial charge >= 0.3 is 0 Å². The van der Waals surface area contributed by atoms with Gasteiger partial charge in [-0.05, 0) is 93.4 Å². The molecule has 2 amide bonds. The van der Waals surface area contributed by atoms with Gasteiger partial charge < -0.3 is 15.5 Å². The van der Waals surface area contributed by atoms with Crippen LogP contribution in [-0.4, -0.2) is 65.9 Å². The Balaban J connectivity index is 1.05. The van der Waals surface area contributed by atoms with Gasteiger partial charge in [-0.2, -0.15) is 0 Å². The summed E-state index contributed by atoms with van der Waals surface area (Å²) < 4.78 is 0. The van der Waals surface area contributed by atoms with Crippen LogP contribution in [0.4, 0.5) is 0 Å². The van der Waals surface area contributed by atoms with Crippen LogP contribution < -0.4 is 10.6 Å². The van der Waals surface area contributed by atoms with E-state index in [2.05, 4.69) is 20.4 Å². The molecule has 0 spiro atoms. The van der Waals surface area contributed by atoms with Crippen molar-refractivity contribution in [2.45, 2.75) is 69.1 Å². The molecule has 0 bridgehead atoms. The predicted octanol–water partition coefficient (Wildman–Crippen LogP) is 4.19. The summed E-state index contributed by atoms with van der Waals surface area (Å²) in [6.07, 6.45) is 8.01. The Labute approximate surface area is 218 Å². The quantitative estimate of drug-likeness (QED) is 0.616. The number of fused-ring (bicyclic) bond motifs is 1. The van der Waals surface area contributed by atoms with Gasteiger partial charge in [-0.15, -0.1) is 0 Å². The molecule has 2 N–H and O–H groups in total. The Kier molecular flexibility index (Phi) is 6.76. The lowest BCUT2D eigenvalue weighted by Gasteiger charge is -2.36. The van der Waals surface area contributed by atoms with E-state index >= 15 is 0 Å². The van der Waals surface area contributed by atoms with Crippen LogP contribution in [0.1, 0.15) is 76.4 Å². The van der Waals surface area contributed by atoms with Crippen molar-refractivity contribution in [3.05, 3.63) is 69.7 Å². The van der Waals surface area contributed by atoms with E-state index in [1.165, 1.54) is 44.3 Å². The zero-order valence-corrected chi connectivity index (χ0v) is 21.5. The molecule has 2 saturated heterocycles. The molecule has 2 aliphatic carbocycles. The molecule has 3 fully saturated rings. The fourth-order valence-corrected chi connectivity index (χ4v) is 6.56. The number of amides is 2. The Morgan fingerprint density at radius 1 is 0.806 bits per heavy atom. The van der Waals surface area contributed by atoms with Gasteiger partial charge in [-0.25, -0.2) is 0 Å². The Hall–Kier alpha value is -2.41. The second kappa shape index (κ2) is 10.2. The maximum atomic E-state index is 13.2. The van der Waals surface area contributed by atoms with Crippen molar-refractivity contribution in [3.63, 3.8) is 0 Å². The van der Waals surface area contributed by atoms with E-state index < -0.39 is 0 Å². The third-order valence-corrected chi connectivity index (χ3v) is 8.87. The number of halogens is 1. The molecule has 2 aliphatic heterocycles. The molecule has 0 aromatic heterocycles. The SMILES string of the molecule is O=C(N[C@H]1CCN(C2CCN(C3CC3)CC2)C1)c1ccc2c(c1)[C@H](NC(=O)c1ccccc1Cl)CC2. The first-order chi connectivity index (χ1) is 17.5. The van der Waals surface area contributed by atoms with Crippen LogP contribution >= 0.6 is 11.6 Å². The van der Waals surface area contributed by atoms with Gasteiger partial charge in [0, 0.05) is 36.8 Å². The predicted molar refractivity (Wildman–Crippen MR) is 141 cm³/mol. The highest BCUT2D eigenvalue weighted by molar-refractivity contribution is 6.33. The molecule has 1 saturated carbocycles. The van der Waals surface area contributed by atoms with Crippen LogP contribution in [0.2, 0.25) is 5.02 Å². The van der Waals surface area contributed by atoms with Crippen LogP contribution in [0.25, 0.3) is 0 Å². The summed E-state index contributed by atoms with van der Waals surface area (Å²) in [6.45, 7) is 4.47. The molecule has 0 unspecified atom stereocenters. The largest absolute Gasteiger partial charge is 0.348 e. The van der Waals surface area contributed by atoms with E-state index in [0.717, 1.165) is 44.0 Å². The second-order valence-electron chi connectivity index (χ2n) is 10.9. The fraction of sp³-hybridized carbons (Fsp3) is 0.517. The Morgan fingerprint density at radius 2 is 1.56 bits per heavy atom. The number of aryl methyl sites for hydroxylation is 1. The smallest absolute Gasteiger partial charge is 0.253 e. The minimum absolute atomic E-state index is 0.0173. The molecule has 2 aromatic rings. The zero-order valence-electron chi connectivity index (χ0n) is 20.7. The second-order valence-corrected chi connectivity index (χ2v) is 11.3. The molecule has 2 atom stereocenters. The topological polar surface area (TPSA) is 64.7 Å². The minimum Gasteiger partial charge on any atom is -0.348 e. The fourth-order valence-electron chi connectivity index (χ4n) is 6.34. The summed E-state index contributed by atoms with van der Waals surface area (Å²) in [5.41, 5.74) is 3.38. The molecule has 2 aromatic carbocycles. The average molecular weight is 507 g/mol. The number of nitrogens with one attached hydrogen (secondary N) is 2. The van der Waals surface area contributed by atoms with E-state index in [1.807, 2.05) is 30.3 Å². The normalized spacial score (nSPS) is 25.0. The van der Waals surface area contributed by atoms with Crippen LogP contribution in [0.3, 0.4) is 0 Å². The number of nitrogens with zero attached hydrogens (tertiary/aromatic N) is 2. The van der Waals surface area contributed by atoms with Crippen LogP contribution in [0, 0.1) is 0 Å². The highest BCUT2D eigenvalue weighted by Gasteiger charge is 2.36. The summed E-state index contributed by atoms with van der Waals surface area (Å²) in [4.78, 5) is 31.2. The summed E-state index contributed by atoms with van der Waals surface area (Å²) >= 11 is 6.21. The number of carbonyl (C=O) groups excluding carboxylic acids is 2. The monoisotopic (exact) mass is 506 g/mol. The maximum absolute atomic E-state index is 13.2. The molecule has 6 rings (SSSR count). The number of rotatable bonds is 6. The van der Waals surface area contributed by atoms with Gasteiger partial charge in [0.2, 0.25) is 0 Å². The lowest BCUT2D eigenvalue weighted by molar-refractivity contribution is 0.0925. The number of piperidine rings is 1. The van der Waals surface area contributed by atoms with Crippen LogP contribution in [-0.2, 0) is 6.42 Å². The molecular formula is C29H35ClN4O2. The van der Waals surface area contributed by atoms with Crippen molar-refractivity contribution < 1.29 is 9.59 Å². The maximum Gasteiger partial charge on any atom is 0.253 e. The standard InChI is InChI=1S/C29H35ClN4O2/c30-26-4-2-1-3-24(26)29(36)32-27-10-7-19-5-6-20(17-25(19)27)28(35)31-21-11-14-34(18-21)23-12-15-33(16-13-23)22-8-9-22/h1-6,17,21-23,27H,7-16,18H2,(H,31,35)(H,32,36)/t21-,27+/m0/s1. The van der Waals surface area contributed by atoms with Gasteiger partial charge in [0.25, 0.3) is 11.8 Å². The van der Waals surface area contributed by atoms with Crippen molar-refractivity contribution in [2.24, 2.45) is 0 Å². The van der Waals surface area contributed by atoms with E-state index in [-0.39, 0.29) is 23.9 Å². The highest BCUT2D eigenvalue weighted by atomic mass is 35.5. The van der Waals surface area contributed by atoms with E-state index in [0.29, 0.717) is 22.2 Å². The van der Waals surface area contributed by atoms with Gasteiger partial charge in [0.05, 0.1) is 16.6 Å². The average Bonchev–Trinajstić information content (AvgIpc) is 3.52. The molecule has 0 radical (unpaired) electrons. The third kappa shape index (κ3) is 5.04. The molecule has 4 aliphatic rings. The first kappa shape index (κ1) is 24.0. The van der Waals surface area contributed by atoms with Crippen molar-refractivity contribution in [2.75, 3.05) is 26.2 Å². The van der Waals surface area contributed by atoms with Crippen molar-refractivity contribution >= 4 is 23.4 Å². The number of likely N-dealkylation sites (tertiary alicyclic amines) is 2. The van der Waals surface area contributed by atoms with Crippen molar-refractivity contribution in [1.82, 2.24) is 20.4 Å². The molecule has 190 valence electrons. The van der Waals surface area contributed by atoms with E-state index in [9.17, 15) is 9.59 Å². The Morgan fingerprint density at radius 3 is 2.33 bits per heavy atom. The summed E-state index contributed by atoms with van der Waals surface area (Å²) in [7, 11) is 0. The number of hydrogen-bond donors (Lipinski definition) is 2.